The van der Waals surface area contributed by atoms with Gasteiger partial charge in [0.05, 0.1) is 63.6 Å². The number of halogens is 10. The number of ether oxygens (including phenoxy) is 2. The van der Waals surface area contributed by atoms with Crippen LogP contribution in [0.3, 0.4) is 0 Å². The second-order valence-corrected chi connectivity index (χ2v) is 18.8. The minimum absolute atomic E-state index is 0.135. The number of nitrogens with zero attached hydrogens (tertiary/aromatic N) is 12. The van der Waals surface area contributed by atoms with Gasteiger partial charge in [-0.1, -0.05) is 71.7 Å². The molecule has 0 aliphatic heterocycles. The molecule has 0 bridgehead atoms. The Kier molecular flexibility index (Phi) is 20.4. The van der Waals surface area contributed by atoms with Gasteiger partial charge in [0, 0.05) is 59.0 Å². The average molecular weight is 1210 g/mol. The first kappa shape index (κ1) is 62.2. The van der Waals surface area contributed by atoms with Crippen molar-refractivity contribution in [1.82, 2.24) is 59.1 Å². The average Bonchev–Trinajstić information content (AvgIpc) is 3.66. The number of fused-ring (bicyclic) bond motifs is 2. The van der Waals surface area contributed by atoms with Crippen LogP contribution in [0.15, 0.2) is 123 Å². The van der Waals surface area contributed by atoms with Crippen molar-refractivity contribution >= 4 is 68.8 Å². The quantitative estimate of drug-likeness (QED) is 0.0658. The summed E-state index contributed by atoms with van der Waals surface area (Å²) in [6, 6.07) is 22.9. The van der Waals surface area contributed by atoms with E-state index in [0.29, 0.717) is 57.2 Å². The van der Waals surface area contributed by atoms with E-state index in [1.54, 1.807) is 12.1 Å². The minimum Gasteiger partial charge on any atom is -0.494 e. The number of carbonyl (C=O) groups is 2. The van der Waals surface area contributed by atoms with Gasteiger partial charge in [0.2, 0.25) is 0 Å². The Morgan fingerprint density at radius 2 is 0.845 bits per heavy atom. The van der Waals surface area contributed by atoms with Crippen LogP contribution >= 0.6 is 23.2 Å². The number of carboxylic acid groups (broad SMARTS) is 2. The molecule has 30 heteroatoms. The molecule has 0 spiro atoms. The van der Waals surface area contributed by atoms with Crippen molar-refractivity contribution < 1.29 is 64.4 Å². The maximum Gasteiger partial charge on any atom is 0.490 e. The predicted molar refractivity (Wildman–Crippen MR) is 292 cm³/mol. The second kappa shape index (κ2) is 27.6. The molecule has 0 radical (unpaired) electrons. The third-order valence-corrected chi connectivity index (χ3v) is 12.5. The monoisotopic (exact) mass is 1210 g/mol. The smallest absolute Gasteiger partial charge is 0.490 e. The first-order valence-electron chi connectivity index (χ1n) is 24.5. The highest BCUT2D eigenvalue weighted by Crippen LogP contribution is 2.31. The molecule has 0 atom stereocenters. The first-order chi connectivity index (χ1) is 39.9. The summed E-state index contributed by atoms with van der Waals surface area (Å²) < 4.78 is 110. The number of nitrogens with one attached hydrogen (secondary N) is 2. The lowest BCUT2D eigenvalue weighted by Crippen LogP contribution is -2.21. The van der Waals surface area contributed by atoms with Crippen molar-refractivity contribution in [2.75, 3.05) is 24.9 Å². The number of methoxy groups -OCH3 is 2. The Hall–Kier alpha value is -9.44. The van der Waals surface area contributed by atoms with Gasteiger partial charge in [0.15, 0.2) is 34.4 Å². The Labute approximate surface area is 481 Å². The SMILES string of the molecule is COc1ccc(Cl)c(CNc2ncnc3nn(Cc4ccc(Cn5cc(C)cn5)cc4)cc23)c1F.COc1ccc(Cl)c(CNc2ncnc3nn(Cc4ccc(Cn5cc(C)cn5)cc4)cc23)c1F.O=C(O)C(F)(F)F.O=C(O)C(F)(F)F. The molecule has 0 aliphatic carbocycles. The first-order valence-corrected chi connectivity index (χ1v) is 25.2. The van der Waals surface area contributed by atoms with Crippen molar-refractivity contribution in [2.24, 2.45) is 0 Å². The zero-order valence-electron chi connectivity index (χ0n) is 44.5. The van der Waals surface area contributed by atoms with Crippen LogP contribution in [0.4, 0.5) is 46.8 Å². The number of carboxylic acids is 2. The molecule has 10 aromatic rings. The molecule has 0 fully saturated rings. The summed E-state index contributed by atoms with van der Waals surface area (Å²) in [5, 5.41) is 40.5. The number of aromatic nitrogens is 12. The normalized spacial score (nSPS) is 11.2. The van der Waals surface area contributed by atoms with Gasteiger partial charge in [-0.25, -0.2) is 38.3 Å². The highest BCUT2D eigenvalue weighted by molar-refractivity contribution is 6.31. The Bertz CT molecular complexity index is 3630. The molecule has 20 nitrogen and oxygen atoms in total. The third kappa shape index (κ3) is 16.8. The summed E-state index contributed by atoms with van der Waals surface area (Å²) in [6.45, 7) is 6.93. The van der Waals surface area contributed by atoms with Crippen molar-refractivity contribution in [3.05, 3.63) is 189 Å². The van der Waals surface area contributed by atoms with E-state index in [1.807, 2.05) is 69.8 Å². The van der Waals surface area contributed by atoms with Crippen molar-refractivity contribution in [2.45, 2.75) is 65.5 Å². The van der Waals surface area contributed by atoms with Gasteiger partial charge in [-0.05, 0) is 71.5 Å². The van der Waals surface area contributed by atoms with Gasteiger partial charge >= 0.3 is 24.3 Å². The summed E-state index contributed by atoms with van der Waals surface area (Å²) in [5.74, 6) is -5.15. The molecular formula is C54H48Cl2F8N14O6. The number of aliphatic carboxylic acids is 2. The van der Waals surface area contributed by atoms with Crippen LogP contribution in [-0.2, 0) is 48.9 Å². The van der Waals surface area contributed by atoms with Crippen LogP contribution < -0.4 is 20.1 Å². The molecule has 0 saturated carbocycles. The van der Waals surface area contributed by atoms with E-state index in [9.17, 15) is 35.1 Å². The molecule has 6 aromatic heterocycles. The topological polar surface area (TPSA) is 240 Å². The number of hydrogen-bond acceptors (Lipinski definition) is 14. The number of rotatable bonds is 16. The molecule has 84 heavy (non-hydrogen) atoms. The molecule has 0 amide bonds. The van der Waals surface area contributed by atoms with Crippen molar-refractivity contribution in [3.63, 3.8) is 0 Å². The molecule has 0 saturated heterocycles. The lowest BCUT2D eigenvalue weighted by Gasteiger charge is -2.11. The Balaban J connectivity index is 0.000000197. The van der Waals surface area contributed by atoms with Gasteiger partial charge in [-0.2, -0.15) is 46.7 Å². The fourth-order valence-electron chi connectivity index (χ4n) is 7.70. The van der Waals surface area contributed by atoms with Crippen molar-refractivity contribution in [1.29, 1.82) is 0 Å². The fourth-order valence-corrected chi connectivity index (χ4v) is 8.13. The van der Waals surface area contributed by atoms with E-state index >= 15 is 0 Å². The number of hydrogen-bond donors (Lipinski definition) is 4. The zero-order valence-corrected chi connectivity index (χ0v) is 46.0. The van der Waals surface area contributed by atoms with E-state index in [-0.39, 0.29) is 24.6 Å². The van der Waals surface area contributed by atoms with Gasteiger partial charge in [-0.15, -0.1) is 0 Å². The highest BCUT2D eigenvalue weighted by atomic mass is 35.5. The lowest BCUT2D eigenvalue weighted by molar-refractivity contribution is -0.193. The summed E-state index contributed by atoms with van der Waals surface area (Å²) in [4.78, 5) is 35.0. The van der Waals surface area contributed by atoms with E-state index in [4.69, 9.17) is 52.5 Å². The number of anilines is 2. The molecule has 6 heterocycles. The third-order valence-electron chi connectivity index (χ3n) is 11.8. The molecular weight excluding hydrogens is 1160 g/mol. The van der Waals surface area contributed by atoms with E-state index in [1.165, 1.54) is 50.1 Å². The number of benzene rings is 4. The molecule has 4 aromatic carbocycles. The standard InChI is InChI=1S/2C25H23ClFN7O.2C2HF3O2/c2*1-16-9-31-33(11-16)12-17-3-5-18(6-4-17)13-34-14-20-24(29-15-30-25(20)32-34)28-10-19-21(26)7-8-22(35-2)23(19)27;2*3-2(4,5)1(6)7/h2*3-9,11,14-15H,10,12-13H2,1-2H3,(H,28,29,30,32);2*(H,6,7). The van der Waals surface area contributed by atoms with Crippen LogP contribution in [0.1, 0.15) is 44.5 Å². The van der Waals surface area contributed by atoms with Gasteiger partial charge in [0.1, 0.15) is 24.3 Å². The predicted octanol–water partition coefficient (Wildman–Crippen LogP) is 10.9. The summed E-state index contributed by atoms with van der Waals surface area (Å²) in [5.41, 5.74) is 8.52. The van der Waals surface area contributed by atoms with E-state index in [0.717, 1.165) is 46.1 Å². The van der Waals surface area contributed by atoms with Crippen LogP contribution in [0, 0.1) is 25.5 Å². The molecule has 440 valence electrons. The van der Waals surface area contributed by atoms with E-state index in [2.05, 4.69) is 99.5 Å². The summed E-state index contributed by atoms with van der Waals surface area (Å²) in [6.07, 6.45) is 4.19. The second-order valence-electron chi connectivity index (χ2n) is 18.0. The largest absolute Gasteiger partial charge is 0.494 e. The van der Waals surface area contributed by atoms with Crippen molar-refractivity contribution in [3.8, 4) is 11.5 Å². The number of alkyl halides is 6. The number of aryl methyl sites for hydroxylation is 2. The van der Waals surface area contributed by atoms with Gasteiger partial charge < -0.3 is 30.3 Å². The maximum atomic E-state index is 14.6. The zero-order chi connectivity index (χ0) is 60.9. The lowest BCUT2D eigenvalue weighted by atomic mass is 10.1. The summed E-state index contributed by atoms with van der Waals surface area (Å²) in [7, 11) is 2.83. The molecule has 0 aliphatic rings. The molecule has 10 rings (SSSR count). The Morgan fingerprint density at radius 1 is 0.524 bits per heavy atom. The van der Waals surface area contributed by atoms with Crippen LogP contribution in [0.5, 0.6) is 11.5 Å². The minimum atomic E-state index is -5.08. The fraction of sp³-hybridized carbons (Fsp3) is 0.222. The summed E-state index contributed by atoms with van der Waals surface area (Å²) >= 11 is 12.4. The van der Waals surface area contributed by atoms with Gasteiger partial charge in [-0.3, -0.25) is 18.7 Å². The Morgan fingerprint density at radius 3 is 1.13 bits per heavy atom. The molecule has 4 N–H and O–H groups in total. The van der Waals surface area contributed by atoms with Gasteiger partial charge in [0.25, 0.3) is 0 Å². The van der Waals surface area contributed by atoms with Crippen LogP contribution in [0.2, 0.25) is 10.0 Å². The van der Waals surface area contributed by atoms with Crippen LogP contribution in [-0.4, -0.2) is 108 Å². The highest BCUT2D eigenvalue weighted by Gasteiger charge is 2.39. The van der Waals surface area contributed by atoms with E-state index < -0.39 is 35.9 Å². The molecule has 0 unspecified atom stereocenters. The van der Waals surface area contributed by atoms with Crippen LogP contribution in [0.25, 0.3) is 22.1 Å². The maximum absolute atomic E-state index is 14.6.